The molecule has 0 fully saturated rings. The zero-order valence-corrected chi connectivity index (χ0v) is 12.8. The fourth-order valence-electron chi connectivity index (χ4n) is 3.13. The highest BCUT2D eigenvalue weighted by Gasteiger charge is 2.42. The molecule has 1 atom stereocenters. The molecule has 1 aromatic rings. The van der Waals surface area contributed by atoms with Gasteiger partial charge in [0.15, 0.2) is 5.78 Å². The Morgan fingerprint density at radius 3 is 2.60 bits per heavy atom. The van der Waals surface area contributed by atoms with Gasteiger partial charge in [-0.3, -0.25) is 4.79 Å². The Hall–Kier alpha value is -1.37. The van der Waals surface area contributed by atoms with Crippen LogP contribution in [0, 0.1) is 5.41 Å². The Morgan fingerprint density at radius 2 is 1.90 bits per heavy atom. The maximum atomic E-state index is 12.8. The summed E-state index contributed by atoms with van der Waals surface area (Å²) in [5, 5.41) is 0. The van der Waals surface area contributed by atoms with Gasteiger partial charge in [-0.15, -0.1) is 0 Å². The van der Waals surface area contributed by atoms with Gasteiger partial charge in [0.25, 0.3) is 0 Å². The lowest BCUT2D eigenvalue weighted by Gasteiger charge is -2.23. The second-order valence-corrected chi connectivity index (χ2v) is 5.97. The first kappa shape index (κ1) is 15.0. The Labute approximate surface area is 123 Å². The summed E-state index contributed by atoms with van der Waals surface area (Å²) in [6.45, 7) is 4.40. The van der Waals surface area contributed by atoms with Gasteiger partial charge >= 0.3 is 0 Å². The number of ketones is 1. The Balaban J connectivity index is 2.21. The summed E-state index contributed by atoms with van der Waals surface area (Å²) >= 11 is 0. The second kappa shape index (κ2) is 6.88. The summed E-state index contributed by atoms with van der Waals surface area (Å²) in [5.41, 5.74) is 1.92. The van der Waals surface area contributed by atoms with E-state index in [1.54, 1.807) is 0 Å². The number of hydrogen-bond donors (Lipinski definition) is 0. The van der Waals surface area contributed by atoms with E-state index in [0.29, 0.717) is 5.78 Å². The minimum atomic E-state index is -0.257. The highest BCUT2D eigenvalue weighted by molar-refractivity contribution is 6.06. The van der Waals surface area contributed by atoms with Crippen molar-refractivity contribution in [3.05, 3.63) is 47.5 Å². The van der Waals surface area contributed by atoms with E-state index in [-0.39, 0.29) is 5.41 Å². The second-order valence-electron chi connectivity index (χ2n) is 5.97. The standard InChI is InChI=1S/C19H26O/c1-3-5-7-10-14-19(13-6-4-2)15-16-11-8-9-12-17(16)18(19)20/h8-12,14H,3-7,13,15H2,1-2H3/b14-10+/t19-/m1/s1. The maximum absolute atomic E-state index is 12.8. The number of hydrogen-bond acceptors (Lipinski definition) is 1. The zero-order chi connectivity index (χ0) is 14.4. The third-order valence-electron chi connectivity index (χ3n) is 4.36. The summed E-state index contributed by atoms with van der Waals surface area (Å²) in [7, 11) is 0. The predicted octanol–water partition coefficient (Wildman–Crippen LogP) is 5.35. The van der Waals surface area contributed by atoms with Crippen LogP contribution < -0.4 is 0 Å². The molecule has 0 bridgehead atoms. The van der Waals surface area contributed by atoms with Gasteiger partial charge in [-0.25, -0.2) is 0 Å². The number of Topliss-reactive ketones (excluding diaryl/α,β-unsaturated/α-hetero) is 1. The first-order chi connectivity index (χ1) is 9.73. The molecule has 108 valence electrons. The number of rotatable bonds is 7. The lowest BCUT2D eigenvalue weighted by atomic mass is 9.78. The molecule has 20 heavy (non-hydrogen) atoms. The summed E-state index contributed by atoms with van der Waals surface area (Å²) in [5.74, 6) is 0.342. The minimum Gasteiger partial charge on any atom is -0.293 e. The molecule has 0 amide bonds. The lowest BCUT2D eigenvalue weighted by Crippen LogP contribution is -2.25. The molecule has 0 N–H and O–H groups in total. The van der Waals surface area contributed by atoms with Gasteiger partial charge in [0, 0.05) is 5.56 Å². The number of carbonyl (C=O) groups is 1. The zero-order valence-electron chi connectivity index (χ0n) is 12.8. The molecule has 1 aromatic carbocycles. The van der Waals surface area contributed by atoms with E-state index < -0.39 is 0 Å². The van der Waals surface area contributed by atoms with Crippen molar-refractivity contribution in [2.75, 3.05) is 0 Å². The molecule has 0 aromatic heterocycles. The van der Waals surface area contributed by atoms with Gasteiger partial charge in [0.1, 0.15) is 0 Å². The molecular weight excluding hydrogens is 244 g/mol. The quantitative estimate of drug-likeness (QED) is 0.482. The van der Waals surface area contributed by atoms with Crippen LogP contribution in [0.3, 0.4) is 0 Å². The molecule has 0 saturated heterocycles. The van der Waals surface area contributed by atoms with Crippen molar-refractivity contribution in [3.63, 3.8) is 0 Å². The van der Waals surface area contributed by atoms with Crippen LogP contribution in [0.15, 0.2) is 36.4 Å². The number of unbranched alkanes of at least 4 members (excludes halogenated alkanes) is 3. The van der Waals surface area contributed by atoms with Gasteiger partial charge in [0.05, 0.1) is 5.41 Å². The average molecular weight is 270 g/mol. The Bertz CT molecular complexity index is 486. The Kier molecular flexibility index (Phi) is 5.17. The van der Waals surface area contributed by atoms with Gasteiger partial charge in [0.2, 0.25) is 0 Å². The molecule has 1 heteroatoms. The molecule has 0 heterocycles. The first-order valence-electron chi connectivity index (χ1n) is 8.04. The molecule has 0 radical (unpaired) electrons. The van der Waals surface area contributed by atoms with E-state index in [4.69, 9.17) is 0 Å². The van der Waals surface area contributed by atoms with Crippen LogP contribution in [0.4, 0.5) is 0 Å². The summed E-state index contributed by atoms with van der Waals surface area (Å²) in [4.78, 5) is 12.8. The van der Waals surface area contributed by atoms with Crippen LogP contribution in [0.25, 0.3) is 0 Å². The van der Waals surface area contributed by atoms with E-state index in [9.17, 15) is 4.79 Å². The largest absolute Gasteiger partial charge is 0.293 e. The van der Waals surface area contributed by atoms with Crippen molar-refractivity contribution < 1.29 is 4.79 Å². The fraction of sp³-hybridized carbons (Fsp3) is 0.526. The van der Waals surface area contributed by atoms with Gasteiger partial charge < -0.3 is 0 Å². The third-order valence-corrected chi connectivity index (χ3v) is 4.36. The van der Waals surface area contributed by atoms with Crippen molar-refractivity contribution in [2.45, 2.75) is 58.8 Å². The number of carbonyl (C=O) groups excluding carboxylic acids is 1. The minimum absolute atomic E-state index is 0.257. The van der Waals surface area contributed by atoms with E-state index in [0.717, 1.165) is 37.7 Å². The van der Waals surface area contributed by atoms with E-state index >= 15 is 0 Å². The fourth-order valence-corrected chi connectivity index (χ4v) is 3.13. The number of allylic oxidation sites excluding steroid dienone is 2. The summed E-state index contributed by atoms with van der Waals surface area (Å²) in [6.07, 6.45) is 12.1. The van der Waals surface area contributed by atoms with Crippen molar-refractivity contribution >= 4 is 5.78 Å². The third kappa shape index (κ3) is 3.03. The summed E-state index contributed by atoms with van der Waals surface area (Å²) in [6, 6.07) is 8.13. The number of benzene rings is 1. The van der Waals surface area contributed by atoms with Crippen molar-refractivity contribution in [2.24, 2.45) is 5.41 Å². The lowest BCUT2D eigenvalue weighted by molar-refractivity contribution is 0.0862. The highest BCUT2D eigenvalue weighted by atomic mass is 16.1. The van der Waals surface area contributed by atoms with Gasteiger partial charge in [-0.2, -0.15) is 0 Å². The molecule has 1 aliphatic rings. The van der Waals surface area contributed by atoms with E-state index in [1.807, 2.05) is 18.2 Å². The Morgan fingerprint density at radius 1 is 1.15 bits per heavy atom. The molecule has 2 rings (SSSR count). The van der Waals surface area contributed by atoms with Crippen molar-refractivity contribution in [1.29, 1.82) is 0 Å². The molecule has 1 nitrogen and oxygen atoms in total. The molecular formula is C19H26O. The smallest absolute Gasteiger partial charge is 0.173 e. The molecule has 0 aliphatic heterocycles. The van der Waals surface area contributed by atoms with Crippen LogP contribution in [0.2, 0.25) is 0 Å². The van der Waals surface area contributed by atoms with Gasteiger partial charge in [-0.05, 0) is 24.8 Å². The van der Waals surface area contributed by atoms with E-state index in [2.05, 4.69) is 32.1 Å². The van der Waals surface area contributed by atoms with Crippen LogP contribution in [0.1, 0.15) is 68.3 Å². The van der Waals surface area contributed by atoms with Gasteiger partial charge in [-0.1, -0.05) is 75.9 Å². The van der Waals surface area contributed by atoms with Crippen LogP contribution in [-0.4, -0.2) is 5.78 Å². The van der Waals surface area contributed by atoms with E-state index in [1.165, 1.54) is 18.4 Å². The molecule has 0 saturated carbocycles. The topological polar surface area (TPSA) is 17.1 Å². The SMILES string of the molecule is CCCC/C=C/[C@]1(CCCC)Cc2ccccc2C1=O. The van der Waals surface area contributed by atoms with Crippen LogP contribution in [-0.2, 0) is 6.42 Å². The van der Waals surface area contributed by atoms with Crippen molar-refractivity contribution in [3.8, 4) is 0 Å². The predicted molar refractivity (Wildman–Crippen MR) is 85.1 cm³/mol. The van der Waals surface area contributed by atoms with Crippen molar-refractivity contribution in [1.82, 2.24) is 0 Å². The molecule has 0 spiro atoms. The van der Waals surface area contributed by atoms with Crippen LogP contribution >= 0.6 is 0 Å². The molecule has 0 unspecified atom stereocenters. The summed E-state index contributed by atoms with van der Waals surface area (Å²) < 4.78 is 0. The number of fused-ring (bicyclic) bond motifs is 1. The first-order valence-corrected chi connectivity index (χ1v) is 8.04. The highest BCUT2D eigenvalue weighted by Crippen LogP contribution is 2.42. The normalized spacial score (nSPS) is 21.6. The maximum Gasteiger partial charge on any atom is 0.173 e. The average Bonchev–Trinajstić information content (AvgIpc) is 2.75. The molecule has 1 aliphatic carbocycles. The monoisotopic (exact) mass is 270 g/mol. The van der Waals surface area contributed by atoms with Crippen LogP contribution in [0.5, 0.6) is 0 Å².